The second kappa shape index (κ2) is 5.16. The lowest BCUT2D eigenvalue weighted by Crippen LogP contribution is -2.32. The van der Waals surface area contributed by atoms with E-state index < -0.39 is 5.60 Å². The van der Waals surface area contributed by atoms with Crippen LogP contribution in [0.4, 0.5) is 0 Å². The fraction of sp³-hybridized carbons (Fsp3) is 1.00. The molecule has 0 saturated carbocycles. The minimum atomic E-state index is -0.493. The molecule has 0 aromatic carbocycles. The lowest BCUT2D eigenvalue weighted by molar-refractivity contribution is -0.00161. The molecule has 0 aliphatic rings. The van der Waals surface area contributed by atoms with Crippen molar-refractivity contribution in [3.63, 3.8) is 0 Å². The van der Waals surface area contributed by atoms with Crippen molar-refractivity contribution in [1.29, 1.82) is 0 Å². The van der Waals surface area contributed by atoms with E-state index in [1.54, 1.807) is 0 Å². The Hall–Kier alpha value is -0.0400. The third-order valence-electron chi connectivity index (χ3n) is 2.48. The Morgan fingerprint density at radius 2 is 1.64 bits per heavy atom. The van der Waals surface area contributed by atoms with Gasteiger partial charge in [0.2, 0.25) is 0 Å². The molecular weight excluding hydrogens is 172 g/mol. The number of hydrogen-bond donors (Lipinski definition) is 1. The molecule has 0 fully saturated rings. The Morgan fingerprint density at radius 1 is 1.14 bits per heavy atom. The average molecular weight is 200 g/mol. The molecule has 1 heteroatoms. The van der Waals surface area contributed by atoms with Crippen molar-refractivity contribution >= 4 is 0 Å². The monoisotopic (exact) mass is 200 g/mol. The summed E-state index contributed by atoms with van der Waals surface area (Å²) in [7, 11) is 0. The Labute approximate surface area is 89.9 Å². The van der Waals surface area contributed by atoms with Gasteiger partial charge in [-0.1, -0.05) is 47.5 Å². The van der Waals surface area contributed by atoms with Crippen LogP contribution in [0.3, 0.4) is 0 Å². The number of aliphatic hydroxyl groups is 1. The summed E-state index contributed by atoms with van der Waals surface area (Å²) >= 11 is 0. The highest BCUT2D eigenvalue weighted by molar-refractivity contribution is 4.81. The van der Waals surface area contributed by atoms with E-state index >= 15 is 0 Å². The van der Waals surface area contributed by atoms with Crippen LogP contribution in [0.5, 0.6) is 0 Å². The van der Waals surface area contributed by atoms with Crippen molar-refractivity contribution in [3.8, 4) is 0 Å². The van der Waals surface area contributed by atoms with Crippen LogP contribution in [0.1, 0.15) is 67.2 Å². The van der Waals surface area contributed by atoms with Gasteiger partial charge in [0.05, 0.1) is 5.60 Å². The fourth-order valence-corrected chi connectivity index (χ4v) is 2.56. The third-order valence-corrected chi connectivity index (χ3v) is 2.48. The van der Waals surface area contributed by atoms with Crippen molar-refractivity contribution in [2.24, 2.45) is 11.3 Å². The van der Waals surface area contributed by atoms with E-state index in [4.69, 9.17) is 0 Å². The molecule has 0 saturated heterocycles. The first kappa shape index (κ1) is 14.0. The van der Waals surface area contributed by atoms with Crippen LogP contribution < -0.4 is 0 Å². The fourth-order valence-electron chi connectivity index (χ4n) is 2.56. The van der Waals surface area contributed by atoms with Gasteiger partial charge < -0.3 is 5.11 Å². The highest BCUT2D eigenvalue weighted by atomic mass is 16.3. The van der Waals surface area contributed by atoms with Crippen molar-refractivity contribution < 1.29 is 5.11 Å². The minimum absolute atomic E-state index is 0.218. The van der Waals surface area contributed by atoms with E-state index in [0.29, 0.717) is 5.92 Å². The largest absolute Gasteiger partial charge is 0.390 e. The molecule has 2 atom stereocenters. The molecule has 0 aromatic rings. The van der Waals surface area contributed by atoms with Gasteiger partial charge in [-0.25, -0.2) is 0 Å². The molecule has 0 heterocycles. The van der Waals surface area contributed by atoms with Gasteiger partial charge in [-0.3, -0.25) is 0 Å². The van der Waals surface area contributed by atoms with Crippen molar-refractivity contribution in [2.45, 2.75) is 72.8 Å². The molecule has 0 aromatic heterocycles. The molecule has 0 aliphatic heterocycles. The van der Waals surface area contributed by atoms with E-state index in [0.717, 1.165) is 12.8 Å². The SMILES string of the molecule is CCCC(C)CC(C)(O)CC(C)(C)C. The molecule has 0 bridgehead atoms. The lowest BCUT2D eigenvalue weighted by atomic mass is 9.78. The van der Waals surface area contributed by atoms with Crippen molar-refractivity contribution in [3.05, 3.63) is 0 Å². The zero-order valence-corrected chi connectivity index (χ0v) is 10.9. The van der Waals surface area contributed by atoms with E-state index in [1.807, 2.05) is 6.92 Å². The van der Waals surface area contributed by atoms with E-state index in [9.17, 15) is 5.11 Å². The Bertz CT molecular complexity index is 153. The van der Waals surface area contributed by atoms with E-state index in [-0.39, 0.29) is 5.41 Å². The first-order valence-electron chi connectivity index (χ1n) is 5.89. The summed E-state index contributed by atoms with van der Waals surface area (Å²) in [5.74, 6) is 0.636. The summed E-state index contributed by atoms with van der Waals surface area (Å²) < 4.78 is 0. The van der Waals surface area contributed by atoms with E-state index in [2.05, 4.69) is 34.6 Å². The van der Waals surface area contributed by atoms with Crippen LogP contribution >= 0.6 is 0 Å². The molecule has 2 unspecified atom stereocenters. The molecule has 0 radical (unpaired) electrons. The minimum Gasteiger partial charge on any atom is -0.390 e. The van der Waals surface area contributed by atoms with E-state index in [1.165, 1.54) is 12.8 Å². The average Bonchev–Trinajstić information content (AvgIpc) is 1.78. The molecule has 0 rings (SSSR count). The standard InChI is InChI=1S/C13H28O/c1-7-8-11(2)9-13(6,14)10-12(3,4)5/h11,14H,7-10H2,1-6H3. The Morgan fingerprint density at radius 3 is 2.00 bits per heavy atom. The van der Waals surface area contributed by atoms with Crippen LogP contribution in [-0.4, -0.2) is 10.7 Å². The van der Waals surface area contributed by atoms with Crippen LogP contribution in [0.25, 0.3) is 0 Å². The second-order valence-corrected chi connectivity index (χ2v) is 6.33. The highest BCUT2D eigenvalue weighted by Crippen LogP contribution is 2.32. The maximum atomic E-state index is 10.2. The van der Waals surface area contributed by atoms with Crippen LogP contribution in [0, 0.1) is 11.3 Å². The maximum Gasteiger partial charge on any atom is 0.0627 e. The van der Waals surface area contributed by atoms with Gasteiger partial charge in [0.25, 0.3) is 0 Å². The summed E-state index contributed by atoms with van der Waals surface area (Å²) in [5.41, 5.74) is -0.276. The van der Waals surface area contributed by atoms with Gasteiger partial charge in [0.1, 0.15) is 0 Å². The molecule has 86 valence electrons. The quantitative estimate of drug-likeness (QED) is 0.711. The molecular formula is C13H28O. The topological polar surface area (TPSA) is 20.2 Å². The summed E-state index contributed by atoms with van der Waals surface area (Å²) in [6, 6.07) is 0. The Kier molecular flexibility index (Phi) is 5.14. The van der Waals surface area contributed by atoms with Gasteiger partial charge >= 0.3 is 0 Å². The van der Waals surface area contributed by atoms with Crippen LogP contribution in [-0.2, 0) is 0 Å². The first-order chi connectivity index (χ1) is 6.16. The van der Waals surface area contributed by atoms with Gasteiger partial charge in [-0.2, -0.15) is 0 Å². The zero-order chi connectivity index (χ0) is 11.4. The number of rotatable bonds is 5. The summed E-state index contributed by atoms with van der Waals surface area (Å²) in [5, 5.41) is 10.2. The number of hydrogen-bond acceptors (Lipinski definition) is 1. The van der Waals surface area contributed by atoms with Crippen LogP contribution in [0.15, 0.2) is 0 Å². The van der Waals surface area contributed by atoms with Gasteiger partial charge in [-0.15, -0.1) is 0 Å². The maximum absolute atomic E-state index is 10.2. The predicted octanol–water partition coefficient (Wildman–Crippen LogP) is 4.00. The first-order valence-corrected chi connectivity index (χ1v) is 5.89. The summed E-state index contributed by atoms with van der Waals surface area (Å²) in [6.45, 7) is 13.0. The van der Waals surface area contributed by atoms with Crippen molar-refractivity contribution in [1.82, 2.24) is 0 Å². The van der Waals surface area contributed by atoms with Gasteiger partial charge in [-0.05, 0) is 31.1 Å². The lowest BCUT2D eigenvalue weighted by Gasteiger charge is -2.33. The smallest absolute Gasteiger partial charge is 0.0627 e. The van der Waals surface area contributed by atoms with Crippen molar-refractivity contribution in [2.75, 3.05) is 0 Å². The zero-order valence-electron chi connectivity index (χ0n) is 10.9. The third kappa shape index (κ3) is 7.37. The molecule has 14 heavy (non-hydrogen) atoms. The second-order valence-electron chi connectivity index (χ2n) is 6.33. The summed E-state index contributed by atoms with van der Waals surface area (Å²) in [4.78, 5) is 0. The molecule has 1 nitrogen and oxygen atoms in total. The van der Waals surface area contributed by atoms with Gasteiger partial charge in [0.15, 0.2) is 0 Å². The molecule has 1 N–H and O–H groups in total. The van der Waals surface area contributed by atoms with Crippen LogP contribution in [0.2, 0.25) is 0 Å². The molecule has 0 amide bonds. The Balaban J connectivity index is 4.06. The summed E-state index contributed by atoms with van der Waals surface area (Å²) in [6.07, 6.45) is 4.25. The normalized spacial score (nSPS) is 19.1. The highest BCUT2D eigenvalue weighted by Gasteiger charge is 2.28. The van der Waals surface area contributed by atoms with Gasteiger partial charge in [0, 0.05) is 0 Å². The molecule has 0 spiro atoms. The predicted molar refractivity (Wildman–Crippen MR) is 63.4 cm³/mol. The molecule has 0 aliphatic carbocycles.